The number of hydrogen-bond acceptors (Lipinski definition) is 2. The third kappa shape index (κ3) is 2.76. The van der Waals surface area contributed by atoms with Crippen LogP contribution in [0.5, 0.6) is 0 Å². The Hall–Kier alpha value is -1.68. The molecule has 0 saturated carbocycles. The number of ketones is 1. The first-order valence-electron chi connectivity index (χ1n) is 5.25. The van der Waals surface area contributed by atoms with Crippen molar-refractivity contribution in [2.75, 3.05) is 6.26 Å². The van der Waals surface area contributed by atoms with Gasteiger partial charge in [0.15, 0.2) is 5.78 Å². The molecule has 0 radical (unpaired) electrons. The van der Waals surface area contributed by atoms with Crippen molar-refractivity contribution in [3.05, 3.63) is 65.2 Å². The number of hydrogen-bond donors (Lipinski definition) is 0. The Balaban J connectivity index is 2.34. The van der Waals surface area contributed by atoms with Crippen LogP contribution in [0.4, 0.5) is 8.78 Å². The Labute approximate surface area is 108 Å². The average molecular weight is 264 g/mol. The molecule has 2 aromatic rings. The van der Waals surface area contributed by atoms with Gasteiger partial charge in [0, 0.05) is 22.1 Å². The lowest BCUT2D eigenvalue weighted by molar-refractivity contribution is 0.103. The Bertz CT molecular complexity index is 559. The summed E-state index contributed by atoms with van der Waals surface area (Å²) >= 11 is 1.56. The van der Waals surface area contributed by atoms with Crippen molar-refractivity contribution < 1.29 is 13.6 Å². The summed E-state index contributed by atoms with van der Waals surface area (Å²) in [5.41, 5.74) is 0.433. The van der Waals surface area contributed by atoms with Crippen LogP contribution in [-0.2, 0) is 0 Å². The zero-order valence-electron chi connectivity index (χ0n) is 9.61. The molecule has 0 amide bonds. The maximum Gasteiger partial charge on any atom is 0.193 e. The summed E-state index contributed by atoms with van der Waals surface area (Å²) in [6.45, 7) is 0. The van der Waals surface area contributed by atoms with Gasteiger partial charge >= 0.3 is 0 Å². The van der Waals surface area contributed by atoms with Crippen molar-refractivity contribution >= 4 is 17.5 Å². The van der Waals surface area contributed by atoms with Crippen molar-refractivity contribution in [2.45, 2.75) is 4.90 Å². The van der Waals surface area contributed by atoms with Gasteiger partial charge in [0.1, 0.15) is 11.6 Å². The smallest absolute Gasteiger partial charge is 0.193 e. The van der Waals surface area contributed by atoms with E-state index >= 15 is 0 Å². The summed E-state index contributed by atoms with van der Waals surface area (Å²) in [4.78, 5) is 13.0. The van der Waals surface area contributed by atoms with Crippen molar-refractivity contribution in [1.29, 1.82) is 0 Å². The average Bonchev–Trinajstić information content (AvgIpc) is 2.37. The minimum absolute atomic E-state index is 0.0180. The molecule has 4 heteroatoms. The van der Waals surface area contributed by atoms with Crippen molar-refractivity contribution in [2.24, 2.45) is 0 Å². The fraction of sp³-hybridized carbons (Fsp3) is 0.0714. The van der Waals surface area contributed by atoms with Crippen LogP contribution in [0.2, 0.25) is 0 Å². The fourth-order valence-electron chi connectivity index (χ4n) is 1.59. The molecule has 2 rings (SSSR count). The summed E-state index contributed by atoms with van der Waals surface area (Å²) in [5.74, 6) is -1.89. The molecule has 0 saturated heterocycles. The van der Waals surface area contributed by atoms with Gasteiger partial charge in [-0.15, -0.1) is 11.8 Å². The Morgan fingerprint density at radius 3 is 2.00 bits per heavy atom. The summed E-state index contributed by atoms with van der Waals surface area (Å²) in [5, 5.41) is 0. The van der Waals surface area contributed by atoms with Crippen LogP contribution in [0.25, 0.3) is 0 Å². The monoisotopic (exact) mass is 264 g/mol. The van der Waals surface area contributed by atoms with Crippen molar-refractivity contribution in [3.8, 4) is 0 Å². The minimum atomic E-state index is -0.751. The summed E-state index contributed by atoms with van der Waals surface area (Å²) in [6.07, 6.45) is 1.93. The van der Waals surface area contributed by atoms with Crippen LogP contribution in [-0.4, -0.2) is 12.0 Å². The first-order valence-corrected chi connectivity index (χ1v) is 6.47. The maximum atomic E-state index is 13.0. The van der Waals surface area contributed by atoms with Gasteiger partial charge in [-0.25, -0.2) is 8.78 Å². The van der Waals surface area contributed by atoms with E-state index in [-0.39, 0.29) is 11.3 Å². The van der Waals surface area contributed by atoms with Gasteiger partial charge in [-0.2, -0.15) is 0 Å². The van der Waals surface area contributed by atoms with Crippen LogP contribution in [0.1, 0.15) is 15.9 Å². The first kappa shape index (κ1) is 12.8. The van der Waals surface area contributed by atoms with E-state index in [0.29, 0.717) is 5.56 Å². The second-order valence-corrected chi connectivity index (χ2v) is 4.60. The van der Waals surface area contributed by atoms with Gasteiger partial charge in [0.25, 0.3) is 0 Å². The van der Waals surface area contributed by atoms with Crippen LogP contribution in [0, 0.1) is 11.6 Å². The molecule has 0 fully saturated rings. The van der Waals surface area contributed by atoms with E-state index in [2.05, 4.69) is 0 Å². The van der Waals surface area contributed by atoms with E-state index < -0.39 is 11.6 Å². The van der Waals surface area contributed by atoms with Gasteiger partial charge < -0.3 is 0 Å². The lowest BCUT2D eigenvalue weighted by Gasteiger charge is -2.03. The largest absolute Gasteiger partial charge is 0.289 e. The van der Waals surface area contributed by atoms with Gasteiger partial charge in [-0.1, -0.05) is 0 Å². The van der Waals surface area contributed by atoms with Crippen LogP contribution < -0.4 is 0 Å². The standard InChI is InChI=1S/C14H10F2OS/c1-18-13-4-2-9(3-5-13)14(17)10-6-11(15)8-12(16)7-10/h2-8H,1H3. The molecule has 0 unspecified atom stereocenters. The third-order valence-corrected chi connectivity index (χ3v) is 3.22. The molecule has 0 atom stereocenters. The summed E-state index contributed by atoms with van der Waals surface area (Å²) in [6, 6.07) is 9.71. The van der Waals surface area contributed by atoms with Crippen LogP contribution in [0.15, 0.2) is 47.4 Å². The van der Waals surface area contributed by atoms with Gasteiger partial charge in [-0.05, 0) is 42.7 Å². The molecule has 0 aliphatic carbocycles. The predicted molar refractivity (Wildman–Crippen MR) is 68.0 cm³/mol. The molecule has 1 nitrogen and oxygen atoms in total. The SMILES string of the molecule is CSc1ccc(C(=O)c2cc(F)cc(F)c2)cc1. The molecule has 0 heterocycles. The summed E-state index contributed by atoms with van der Waals surface area (Å²) in [7, 11) is 0. The Kier molecular flexibility index (Phi) is 3.77. The van der Waals surface area contributed by atoms with Gasteiger partial charge in [-0.3, -0.25) is 4.79 Å². The predicted octanol–water partition coefficient (Wildman–Crippen LogP) is 3.92. The molecule has 0 aromatic heterocycles. The maximum absolute atomic E-state index is 13.0. The van der Waals surface area contributed by atoms with Crippen LogP contribution in [0.3, 0.4) is 0 Å². The molecule has 0 spiro atoms. The summed E-state index contributed by atoms with van der Waals surface area (Å²) < 4.78 is 26.1. The third-order valence-electron chi connectivity index (χ3n) is 2.48. The molecule has 92 valence electrons. The highest BCUT2D eigenvalue weighted by Crippen LogP contribution is 2.18. The fourth-order valence-corrected chi connectivity index (χ4v) is 2.00. The Morgan fingerprint density at radius 1 is 0.944 bits per heavy atom. The van der Waals surface area contributed by atoms with Crippen LogP contribution >= 0.6 is 11.8 Å². The van der Waals surface area contributed by atoms with Gasteiger partial charge in [0.05, 0.1) is 0 Å². The van der Waals surface area contributed by atoms with E-state index in [1.54, 1.807) is 36.0 Å². The highest BCUT2D eigenvalue weighted by Gasteiger charge is 2.11. The zero-order chi connectivity index (χ0) is 13.1. The molecule has 0 aliphatic rings. The van der Waals surface area contributed by atoms with E-state index in [1.807, 2.05) is 6.26 Å². The Morgan fingerprint density at radius 2 is 1.50 bits per heavy atom. The lowest BCUT2D eigenvalue weighted by atomic mass is 10.0. The molecular formula is C14H10F2OS. The van der Waals surface area contributed by atoms with E-state index in [4.69, 9.17) is 0 Å². The molecule has 0 aliphatic heterocycles. The van der Waals surface area contributed by atoms with Crippen molar-refractivity contribution in [1.82, 2.24) is 0 Å². The quantitative estimate of drug-likeness (QED) is 0.617. The second-order valence-electron chi connectivity index (χ2n) is 3.72. The van der Waals surface area contributed by atoms with E-state index in [1.165, 1.54) is 0 Å². The normalized spacial score (nSPS) is 10.4. The number of thioether (sulfide) groups is 1. The number of benzene rings is 2. The number of halogens is 2. The van der Waals surface area contributed by atoms with Gasteiger partial charge in [0.2, 0.25) is 0 Å². The molecule has 0 bridgehead atoms. The highest BCUT2D eigenvalue weighted by molar-refractivity contribution is 7.98. The molecule has 0 N–H and O–H groups in total. The van der Waals surface area contributed by atoms with Crippen molar-refractivity contribution in [3.63, 3.8) is 0 Å². The zero-order valence-corrected chi connectivity index (χ0v) is 10.4. The van der Waals surface area contributed by atoms with E-state index in [0.717, 1.165) is 23.1 Å². The highest BCUT2D eigenvalue weighted by atomic mass is 32.2. The molecule has 2 aromatic carbocycles. The lowest BCUT2D eigenvalue weighted by Crippen LogP contribution is -2.02. The number of carbonyl (C=O) groups excluding carboxylic acids is 1. The molecule has 18 heavy (non-hydrogen) atoms. The first-order chi connectivity index (χ1) is 8.60. The minimum Gasteiger partial charge on any atom is -0.289 e. The number of rotatable bonds is 3. The number of carbonyl (C=O) groups is 1. The topological polar surface area (TPSA) is 17.1 Å². The second kappa shape index (κ2) is 5.31. The molecular weight excluding hydrogens is 254 g/mol. The van der Waals surface area contributed by atoms with E-state index in [9.17, 15) is 13.6 Å².